The van der Waals surface area contributed by atoms with Crippen molar-refractivity contribution in [2.75, 3.05) is 33.5 Å². The first-order valence-electron chi connectivity index (χ1n) is 8.35. The van der Waals surface area contributed by atoms with E-state index in [-0.39, 0.29) is 25.4 Å². The maximum Gasteiger partial charge on any atom is 0.306 e. The van der Waals surface area contributed by atoms with E-state index in [1.54, 1.807) is 0 Å². The van der Waals surface area contributed by atoms with Crippen LogP contribution in [0, 0.1) is 0 Å². The van der Waals surface area contributed by atoms with Gasteiger partial charge in [0.15, 0.2) is 8.32 Å². The van der Waals surface area contributed by atoms with E-state index in [1.165, 1.54) is 7.11 Å². The highest BCUT2D eigenvalue weighted by Gasteiger charge is 2.21. The summed E-state index contributed by atoms with van der Waals surface area (Å²) in [6.45, 7) is 8.27. The molecule has 0 aromatic rings. The highest BCUT2D eigenvalue weighted by Crippen LogP contribution is 2.14. The zero-order chi connectivity index (χ0) is 17.6. The molecule has 0 fully saturated rings. The third-order valence-electron chi connectivity index (χ3n) is 3.26. The molecule has 0 amide bonds. The van der Waals surface area contributed by atoms with Crippen molar-refractivity contribution in [3.05, 3.63) is 0 Å². The van der Waals surface area contributed by atoms with E-state index in [1.807, 2.05) is 0 Å². The van der Waals surface area contributed by atoms with Gasteiger partial charge in [-0.25, -0.2) is 0 Å². The van der Waals surface area contributed by atoms with E-state index >= 15 is 0 Å². The molecule has 0 unspecified atom stereocenters. The Hall–Kier alpha value is -0.923. The molecule has 0 aliphatic heterocycles. The van der Waals surface area contributed by atoms with Gasteiger partial charge >= 0.3 is 11.9 Å². The summed E-state index contributed by atoms with van der Waals surface area (Å²) in [6.07, 6.45) is 3.12. The van der Waals surface area contributed by atoms with E-state index < -0.39 is 14.3 Å². The van der Waals surface area contributed by atoms with E-state index in [4.69, 9.17) is 18.6 Å². The smallest absolute Gasteiger partial charge is 0.306 e. The maximum atomic E-state index is 11.5. The first kappa shape index (κ1) is 22.1. The molecule has 0 aliphatic rings. The van der Waals surface area contributed by atoms with Crippen molar-refractivity contribution < 1.29 is 28.2 Å². The molecule has 0 aromatic heterocycles. The van der Waals surface area contributed by atoms with Gasteiger partial charge in [0.1, 0.15) is 6.61 Å². The van der Waals surface area contributed by atoms with E-state index in [0.717, 1.165) is 31.9 Å². The van der Waals surface area contributed by atoms with Gasteiger partial charge in [-0.1, -0.05) is 13.3 Å². The summed E-state index contributed by atoms with van der Waals surface area (Å²) in [5.41, 5.74) is 0. The molecule has 0 aromatic carbocycles. The van der Waals surface area contributed by atoms with Crippen LogP contribution in [0.5, 0.6) is 0 Å². The third-order valence-corrected chi connectivity index (χ3v) is 5.80. The van der Waals surface area contributed by atoms with Gasteiger partial charge in [-0.05, 0) is 32.0 Å². The van der Waals surface area contributed by atoms with Gasteiger partial charge in [0.2, 0.25) is 0 Å². The largest absolute Gasteiger partial charge is 0.466 e. The number of unbranched alkanes of at least 4 members (excludes halogenated alkanes) is 1. The van der Waals surface area contributed by atoms with Crippen molar-refractivity contribution in [2.24, 2.45) is 0 Å². The minimum Gasteiger partial charge on any atom is -0.466 e. The minimum atomic E-state index is -1.64. The summed E-state index contributed by atoms with van der Waals surface area (Å²) in [7, 11) is -0.113. The second-order valence-electron chi connectivity index (χ2n) is 6.00. The first-order valence-corrected chi connectivity index (χ1v) is 11.5. The lowest BCUT2D eigenvalue weighted by atomic mass is 10.3. The zero-order valence-corrected chi connectivity index (χ0v) is 16.0. The molecule has 0 saturated carbocycles. The van der Waals surface area contributed by atoms with Crippen molar-refractivity contribution in [3.63, 3.8) is 0 Å². The fraction of sp³-hybridized carbons (Fsp3) is 0.875. The standard InChI is InChI=1S/C16H32O6Si/c1-5-6-11-22-23(3,4)14-7-10-20-15(17)8-9-16(18)21-13-12-19-2/h5-14H2,1-4H3. The Morgan fingerprint density at radius 1 is 0.870 bits per heavy atom. The molecule has 0 radical (unpaired) electrons. The van der Waals surface area contributed by atoms with E-state index in [0.29, 0.717) is 13.2 Å². The normalized spacial score (nSPS) is 11.3. The Bertz CT molecular complexity index is 333. The summed E-state index contributed by atoms with van der Waals surface area (Å²) >= 11 is 0. The number of carbonyl (C=O) groups excluding carboxylic acids is 2. The number of esters is 2. The molecule has 0 saturated heterocycles. The molecular formula is C16H32O6Si. The predicted octanol–water partition coefficient (Wildman–Crippen LogP) is 2.91. The average Bonchev–Trinajstić information content (AvgIpc) is 2.50. The summed E-state index contributed by atoms with van der Waals surface area (Å²) in [5.74, 6) is -0.767. The fourth-order valence-corrected chi connectivity index (χ4v) is 3.67. The van der Waals surface area contributed by atoms with Crippen molar-refractivity contribution in [1.82, 2.24) is 0 Å². The number of carbonyl (C=O) groups is 2. The van der Waals surface area contributed by atoms with Crippen LogP contribution in [0.3, 0.4) is 0 Å². The van der Waals surface area contributed by atoms with Crippen molar-refractivity contribution in [3.8, 4) is 0 Å². The molecule has 0 bridgehead atoms. The molecule has 0 heterocycles. The molecule has 23 heavy (non-hydrogen) atoms. The zero-order valence-electron chi connectivity index (χ0n) is 15.0. The molecule has 0 rings (SSSR count). The molecule has 136 valence electrons. The fourth-order valence-electron chi connectivity index (χ4n) is 1.84. The number of ether oxygens (including phenoxy) is 3. The van der Waals surface area contributed by atoms with E-state index in [2.05, 4.69) is 20.0 Å². The number of rotatable bonds is 14. The second kappa shape index (κ2) is 13.5. The Morgan fingerprint density at radius 3 is 2.04 bits per heavy atom. The first-order chi connectivity index (χ1) is 10.9. The average molecular weight is 349 g/mol. The van der Waals surface area contributed by atoms with Gasteiger partial charge < -0.3 is 18.6 Å². The topological polar surface area (TPSA) is 71.1 Å². The molecule has 0 spiro atoms. The molecule has 0 atom stereocenters. The number of hydrogen-bond acceptors (Lipinski definition) is 6. The number of hydrogen-bond donors (Lipinski definition) is 0. The van der Waals surface area contributed by atoms with Gasteiger partial charge in [-0.2, -0.15) is 0 Å². The third kappa shape index (κ3) is 14.4. The lowest BCUT2D eigenvalue weighted by Crippen LogP contribution is -2.31. The van der Waals surface area contributed by atoms with Crippen LogP contribution >= 0.6 is 0 Å². The van der Waals surface area contributed by atoms with Gasteiger partial charge in [0.05, 0.1) is 26.1 Å². The van der Waals surface area contributed by atoms with Gasteiger partial charge in [-0.3, -0.25) is 9.59 Å². The Labute approximate surface area is 140 Å². The van der Waals surface area contributed by atoms with E-state index in [9.17, 15) is 9.59 Å². The summed E-state index contributed by atoms with van der Waals surface area (Å²) in [4.78, 5) is 22.9. The lowest BCUT2D eigenvalue weighted by Gasteiger charge is -2.22. The lowest BCUT2D eigenvalue weighted by molar-refractivity contribution is -0.151. The van der Waals surface area contributed by atoms with Gasteiger partial charge in [0, 0.05) is 13.7 Å². The van der Waals surface area contributed by atoms with Crippen LogP contribution in [0.25, 0.3) is 0 Å². The summed E-state index contributed by atoms with van der Waals surface area (Å²) in [5, 5.41) is 0. The van der Waals surface area contributed by atoms with Crippen LogP contribution in [0.4, 0.5) is 0 Å². The van der Waals surface area contributed by atoms with Crippen molar-refractivity contribution in [1.29, 1.82) is 0 Å². The van der Waals surface area contributed by atoms with Crippen LogP contribution in [-0.2, 0) is 28.2 Å². The summed E-state index contributed by atoms with van der Waals surface area (Å²) < 4.78 is 20.7. The van der Waals surface area contributed by atoms with Crippen LogP contribution in [-0.4, -0.2) is 53.8 Å². The highest BCUT2D eigenvalue weighted by atomic mass is 28.4. The van der Waals surface area contributed by atoms with Gasteiger partial charge in [0.25, 0.3) is 0 Å². The minimum absolute atomic E-state index is 0.0446. The maximum absolute atomic E-state index is 11.5. The molecule has 0 aliphatic carbocycles. The monoisotopic (exact) mass is 348 g/mol. The van der Waals surface area contributed by atoms with Crippen LogP contribution in [0.1, 0.15) is 39.0 Å². The molecular weight excluding hydrogens is 316 g/mol. The van der Waals surface area contributed by atoms with Gasteiger partial charge in [-0.15, -0.1) is 0 Å². The molecule has 0 N–H and O–H groups in total. The van der Waals surface area contributed by atoms with Crippen LogP contribution in [0.2, 0.25) is 19.1 Å². The Kier molecular flexibility index (Phi) is 13.0. The number of methoxy groups -OCH3 is 1. The highest BCUT2D eigenvalue weighted by molar-refractivity contribution is 6.71. The van der Waals surface area contributed by atoms with Crippen LogP contribution < -0.4 is 0 Å². The predicted molar refractivity (Wildman–Crippen MR) is 90.8 cm³/mol. The molecule has 6 nitrogen and oxygen atoms in total. The van der Waals surface area contributed by atoms with Crippen molar-refractivity contribution in [2.45, 2.75) is 58.2 Å². The Balaban J connectivity index is 3.64. The summed E-state index contributed by atoms with van der Waals surface area (Å²) in [6, 6.07) is 0.961. The second-order valence-corrected chi connectivity index (χ2v) is 10.3. The van der Waals surface area contributed by atoms with Crippen LogP contribution in [0.15, 0.2) is 0 Å². The molecule has 7 heteroatoms. The Morgan fingerprint density at radius 2 is 1.48 bits per heavy atom. The SMILES string of the molecule is CCCCO[Si](C)(C)CCCOC(=O)CCC(=O)OCCOC. The quantitative estimate of drug-likeness (QED) is 0.273. The van der Waals surface area contributed by atoms with Crippen molar-refractivity contribution >= 4 is 20.3 Å².